The second kappa shape index (κ2) is 7.85. The molecule has 1 aromatic heterocycles. The van der Waals surface area contributed by atoms with Crippen molar-refractivity contribution in [1.29, 1.82) is 0 Å². The van der Waals surface area contributed by atoms with Gasteiger partial charge in [0.1, 0.15) is 4.88 Å². The average Bonchev–Trinajstić information content (AvgIpc) is 3.04. The molecule has 0 radical (unpaired) electrons. The van der Waals surface area contributed by atoms with Gasteiger partial charge in [-0.3, -0.25) is 4.79 Å². The van der Waals surface area contributed by atoms with Crippen LogP contribution < -0.4 is 5.32 Å². The number of fused-ring (bicyclic) bond motifs is 1. The molecule has 1 N–H and O–H groups in total. The lowest BCUT2D eigenvalue weighted by Gasteiger charge is -2.33. The highest BCUT2D eigenvalue weighted by Gasteiger charge is 2.30. The first kappa shape index (κ1) is 19.6. The first-order chi connectivity index (χ1) is 12.7. The van der Waals surface area contributed by atoms with Gasteiger partial charge in [0, 0.05) is 10.6 Å². The predicted molar refractivity (Wildman–Crippen MR) is 109 cm³/mol. The Morgan fingerprint density at radius 2 is 2.00 bits per heavy atom. The first-order valence-corrected chi connectivity index (χ1v) is 10.2. The van der Waals surface area contributed by atoms with Crippen LogP contribution in [0.15, 0.2) is 30.3 Å². The lowest BCUT2D eigenvalue weighted by molar-refractivity contribution is -0.119. The number of hydrogen-bond donors (Lipinski definition) is 1. The number of nitrogens with one attached hydrogen (secondary N) is 1. The third kappa shape index (κ3) is 4.78. The third-order valence-corrected chi connectivity index (χ3v) is 6.48. The topological polar surface area (TPSA) is 55.4 Å². The van der Waals surface area contributed by atoms with Gasteiger partial charge in [-0.05, 0) is 60.8 Å². The number of esters is 1. The Kier molecular flexibility index (Phi) is 5.70. The van der Waals surface area contributed by atoms with E-state index in [9.17, 15) is 9.59 Å². The van der Waals surface area contributed by atoms with E-state index in [0.29, 0.717) is 10.8 Å². The summed E-state index contributed by atoms with van der Waals surface area (Å²) in [4.78, 5) is 26.3. The summed E-state index contributed by atoms with van der Waals surface area (Å²) in [5, 5.41) is 2.78. The maximum absolute atomic E-state index is 12.4. The minimum Gasteiger partial charge on any atom is -0.451 e. The summed E-state index contributed by atoms with van der Waals surface area (Å²) >= 11 is 1.51. The standard InChI is InChI=1S/C22H27NO3S/c1-14-7-5-6-8-17(14)23-20(24)13-26-21(25)19-12-15-11-16(22(2,3)4)9-10-18(15)27-19/h5-8,12,16H,9-11,13H2,1-4H3,(H,23,24). The molecule has 1 aromatic carbocycles. The van der Waals surface area contributed by atoms with E-state index in [4.69, 9.17) is 4.74 Å². The number of hydrogen-bond acceptors (Lipinski definition) is 4. The smallest absolute Gasteiger partial charge is 0.348 e. The zero-order valence-electron chi connectivity index (χ0n) is 16.4. The number of carbonyl (C=O) groups excluding carboxylic acids is 2. The van der Waals surface area contributed by atoms with E-state index in [1.165, 1.54) is 21.8 Å². The fourth-order valence-electron chi connectivity index (χ4n) is 3.47. The second-order valence-electron chi connectivity index (χ2n) is 8.30. The fourth-order valence-corrected chi connectivity index (χ4v) is 4.57. The van der Waals surface area contributed by atoms with Crippen molar-refractivity contribution in [2.45, 2.75) is 47.0 Å². The predicted octanol–water partition coefficient (Wildman–Crippen LogP) is 5.00. The van der Waals surface area contributed by atoms with Crippen LogP contribution in [0.25, 0.3) is 0 Å². The van der Waals surface area contributed by atoms with Gasteiger partial charge in [0.15, 0.2) is 6.61 Å². The number of para-hydroxylation sites is 1. The summed E-state index contributed by atoms with van der Waals surface area (Å²) in [5.74, 6) is -0.114. The van der Waals surface area contributed by atoms with Crippen LogP contribution in [0.4, 0.5) is 5.69 Å². The van der Waals surface area contributed by atoms with Crippen LogP contribution in [0.1, 0.15) is 52.9 Å². The zero-order chi connectivity index (χ0) is 19.6. The highest BCUT2D eigenvalue weighted by molar-refractivity contribution is 7.14. The van der Waals surface area contributed by atoms with Gasteiger partial charge in [0.25, 0.3) is 5.91 Å². The number of ether oxygens (including phenoxy) is 1. The number of carbonyl (C=O) groups is 2. The molecule has 5 heteroatoms. The SMILES string of the molecule is Cc1ccccc1NC(=O)COC(=O)c1cc2c(s1)CCC(C(C)(C)C)C2. The molecule has 0 saturated carbocycles. The molecular weight excluding hydrogens is 358 g/mol. The maximum Gasteiger partial charge on any atom is 0.348 e. The molecule has 0 fully saturated rings. The van der Waals surface area contributed by atoms with Crippen LogP contribution in [0, 0.1) is 18.3 Å². The van der Waals surface area contributed by atoms with Gasteiger partial charge in [-0.15, -0.1) is 11.3 Å². The van der Waals surface area contributed by atoms with Gasteiger partial charge >= 0.3 is 5.97 Å². The molecule has 0 spiro atoms. The molecule has 1 aliphatic rings. The van der Waals surface area contributed by atoms with Crippen LogP contribution in [0.5, 0.6) is 0 Å². The van der Waals surface area contributed by atoms with Gasteiger partial charge in [0.05, 0.1) is 0 Å². The Morgan fingerprint density at radius 1 is 1.26 bits per heavy atom. The first-order valence-electron chi connectivity index (χ1n) is 9.38. The highest BCUT2D eigenvalue weighted by atomic mass is 32.1. The van der Waals surface area contributed by atoms with Crippen LogP contribution in [-0.4, -0.2) is 18.5 Å². The maximum atomic E-state index is 12.4. The molecule has 0 saturated heterocycles. The summed E-state index contributed by atoms with van der Waals surface area (Å²) in [7, 11) is 0. The number of benzene rings is 1. The van der Waals surface area contributed by atoms with Crippen molar-refractivity contribution in [3.63, 3.8) is 0 Å². The van der Waals surface area contributed by atoms with Crippen molar-refractivity contribution in [3.8, 4) is 0 Å². The van der Waals surface area contributed by atoms with E-state index in [2.05, 4.69) is 26.1 Å². The molecule has 1 unspecified atom stereocenters. The molecule has 1 amide bonds. The minimum absolute atomic E-state index is 0.272. The lowest BCUT2D eigenvalue weighted by Crippen LogP contribution is -2.26. The molecule has 0 bridgehead atoms. The van der Waals surface area contributed by atoms with Crippen molar-refractivity contribution in [3.05, 3.63) is 51.2 Å². The Hall–Kier alpha value is -2.14. The van der Waals surface area contributed by atoms with Gasteiger partial charge in [-0.25, -0.2) is 4.79 Å². The molecule has 4 nitrogen and oxygen atoms in total. The largest absolute Gasteiger partial charge is 0.451 e. The highest BCUT2D eigenvalue weighted by Crippen LogP contribution is 2.40. The monoisotopic (exact) mass is 385 g/mol. The molecule has 144 valence electrons. The Morgan fingerprint density at radius 3 is 2.70 bits per heavy atom. The number of aryl methyl sites for hydroxylation is 2. The van der Waals surface area contributed by atoms with Crippen molar-refractivity contribution in [2.24, 2.45) is 11.3 Å². The molecule has 27 heavy (non-hydrogen) atoms. The zero-order valence-corrected chi connectivity index (χ0v) is 17.2. The van der Waals surface area contributed by atoms with Crippen molar-refractivity contribution in [1.82, 2.24) is 0 Å². The van der Waals surface area contributed by atoms with Gasteiger partial charge in [-0.2, -0.15) is 0 Å². The minimum atomic E-state index is -0.415. The molecule has 1 atom stereocenters. The van der Waals surface area contributed by atoms with Crippen molar-refractivity contribution >= 4 is 28.9 Å². The lowest BCUT2D eigenvalue weighted by atomic mass is 9.72. The number of anilines is 1. The summed E-state index contributed by atoms with van der Waals surface area (Å²) in [6, 6.07) is 9.47. The van der Waals surface area contributed by atoms with E-state index in [1.807, 2.05) is 37.3 Å². The molecule has 1 heterocycles. The number of rotatable bonds is 4. The number of thiophene rings is 1. The van der Waals surface area contributed by atoms with Gasteiger partial charge in [-0.1, -0.05) is 39.0 Å². The third-order valence-electron chi connectivity index (χ3n) is 5.26. The van der Waals surface area contributed by atoms with Gasteiger partial charge in [0.2, 0.25) is 0 Å². The van der Waals surface area contributed by atoms with Crippen LogP contribution in [0.2, 0.25) is 0 Å². The summed E-state index contributed by atoms with van der Waals surface area (Å²) in [6.07, 6.45) is 3.18. The van der Waals surface area contributed by atoms with E-state index in [-0.39, 0.29) is 17.9 Å². The summed E-state index contributed by atoms with van der Waals surface area (Å²) < 4.78 is 5.23. The van der Waals surface area contributed by atoms with Crippen molar-refractivity contribution in [2.75, 3.05) is 11.9 Å². The normalized spacial score (nSPS) is 16.5. The molecule has 2 aromatic rings. The summed E-state index contributed by atoms with van der Waals surface area (Å²) in [5.41, 5.74) is 3.24. The second-order valence-corrected chi connectivity index (χ2v) is 9.44. The Balaban J connectivity index is 1.57. The molecular formula is C22H27NO3S. The van der Waals surface area contributed by atoms with E-state index < -0.39 is 5.97 Å². The molecule has 0 aliphatic heterocycles. The Labute approximate surface area is 164 Å². The van der Waals surface area contributed by atoms with Crippen molar-refractivity contribution < 1.29 is 14.3 Å². The Bertz CT molecular complexity index is 847. The quantitative estimate of drug-likeness (QED) is 0.753. The van der Waals surface area contributed by atoms with Crippen LogP contribution in [0.3, 0.4) is 0 Å². The van der Waals surface area contributed by atoms with E-state index in [0.717, 1.165) is 30.5 Å². The summed E-state index contributed by atoms with van der Waals surface area (Å²) in [6.45, 7) is 8.47. The fraction of sp³-hybridized carbons (Fsp3) is 0.455. The molecule has 3 rings (SSSR count). The molecule has 1 aliphatic carbocycles. The van der Waals surface area contributed by atoms with Crippen LogP contribution in [-0.2, 0) is 22.4 Å². The number of amides is 1. The average molecular weight is 386 g/mol. The van der Waals surface area contributed by atoms with E-state index >= 15 is 0 Å². The van der Waals surface area contributed by atoms with Gasteiger partial charge < -0.3 is 10.1 Å². The van der Waals surface area contributed by atoms with Crippen LogP contribution >= 0.6 is 11.3 Å². The van der Waals surface area contributed by atoms with E-state index in [1.54, 1.807) is 0 Å².